The van der Waals surface area contributed by atoms with Gasteiger partial charge in [-0.1, -0.05) is 0 Å². The molecule has 0 fully saturated rings. The van der Waals surface area contributed by atoms with E-state index in [1.54, 1.807) is 6.20 Å². The maximum atomic E-state index is 12.2. The fraction of sp³-hybridized carbons (Fsp3) is 0.500. The number of amides is 1. The summed E-state index contributed by atoms with van der Waals surface area (Å²) in [6.45, 7) is 6.85. The first-order valence-electron chi connectivity index (χ1n) is 8.53. The minimum absolute atomic E-state index is 0.0731. The molecule has 1 amide bonds. The highest BCUT2D eigenvalue weighted by Crippen LogP contribution is 2.33. The Hall–Kier alpha value is -2.37. The number of hydrogen-bond acceptors (Lipinski definition) is 4. The van der Waals surface area contributed by atoms with Crippen molar-refractivity contribution in [3.05, 3.63) is 41.9 Å². The summed E-state index contributed by atoms with van der Waals surface area (Å²) in [7, 11) is 0. The van der Waals surface area contributed by atoms with Gasteiger partial charge in [0.1, 0.15) is 5.82 Å². The van der Waals surface area contributed by atoms with E-state index in [4.69, 9.17) is 0 Å². The maximum absolute atomic E-state index is 12.2. The topological polar surface area (TPSA) is 71.8 Å². The van der Waals surface area contributed by atoms with Gasteiger partial charge in [-0.15, -0.1) is 0 Å². The van der Waals surface area contributed by atoms with E-state index in [9.17, 15) is 4.79 Å². The number of pyridine rings is 1. The third-order valence-corrected chi connectivity index (χ3v) is 4.84. The van der Waals surface area contributed by atoms with Gasteiger partial charge >= 0.3 is 0 Å². The van der Waals surface area contributed by atoms with Gasteiger partial charge in [-0.2, -0.15) is 5.10 Å². The van der Waals surface area contributed by atoms with E-state index in [1.807, 2.05) is 36.0 Å². The fourth-order valence-electron chi connectivity index (χ4n) is 3.45. The van der Waals surface area contributed by atoms with Crippen LogP contribution in [-0.2, 0) is 11.3 Å². The van der Waals surface area contributed by atoms with Gasteiger partial charge in [0.15, 0.2) is 0 Å². The van der Waals surface area contributed by atoms with Crippen LogP contribution in [0.5, 0.6) is 0 Å². The predicted octanol–water partition coefficient (Wildman–Crippen LogP) is 2.67. The molecule has 0 saturated heterocycles. The molecule has 0 spiro atoms. The third kappa shape index (κ3) is 3.58. The molecule has 6 nitrogen and oxygen atoms in total. The molecule has 0 aromatic carbocycles. The second kappa shape index (κ2) is 7.03. The highest BCUT2D eigenvalue weighted by Gasteiger charge is 2.31. The average molecular weight is 327 g/mol. The Labute approximate surface area is 142 Å². The van der Waals surface area contributed by atoms with Crippen LogP contribution < -0.4 is 10.6 Å². The van der Waals surface area contributed by atoms with Gasteiger partial charge in [-0.25, -0.2) is 4.68 Å². The Bertz CT molecular complexity index is 711. The summed E-state index contributed by atoms with van der Waals surface area (Å²) < 4.78 is 2.01. The molecule has 2 N–H and O–H groups in total. The van der Waals surface area contributed by atoms with E-state index in [-0.39, 0.29) is 11.9 Å². The van der Waals surface area contributed by atoms with Crippen molar-refractivity contribution in [3.8, 4) is 0 Å². The van der Waals surface area contributed by atoms with Gasteiger partial charge in [-0.05, 0) is 44.9 Å². The molecule has 2 aromatic rings. The van der Waals surface area contributed by atoms with Crippen molar-refractivity contribution < 1.29 is 4.79 Å². The smallest absolute Gasteiger partial charge is 0.220 e. The number of carbonyl (C=O) groups is 1. The summed E-state index contributed by atoms with van der Waals surface area (Å²) in [5.41, 5.74) is 2.05. The molecule has 0 aliphatic carbocycles. The van der Waals surface area contributed by atoms with E-state index in [0.29, 0.717) is 24.9 Å². The third-order valence-electron chi connectivity index (χ3n) is 4.84. The zero-order chi connectivity index (χ0) is 17.1. The van der Waals surface area contributed by atoms with Crippen LogP contribution in [0.2, 0.25) is 0 Å². The molecule has 0 radical (unpaired) electrons. The van der Waals surface area contributed by atoms with Gasteiger partial charge in [0.05, 0.1) is 24.5 Å². The molecule has 6 heteroatoms. The Morgan fingerprint density at radius 1 is 1.33 bits per heavy atom. The Morgan fingerprint density at radius 3 is 2.96 bits per heavy atom. The highest BCUT2D eigenvalue weighted by atomic mass is 16.1. The lowest BCUT2D eigenvalue weighted by atomic mass is 9.87. The van der Waals surface area contributed by atoms with Crippen LogP contribution >= 0.6 is 0 Å². The van der Waals surface area contributed by atoms with Crippen molar-refractivity contribution in [2.75, 3.05) is 5.32 Å². The molecule has 24 heavy (non-hydrogen) atoms. The molecule has 0 saturated carbocycles. The Kier molecular flexibility index (Phi) is 4.83. The number of carbonyl (C=O) groups excluding carboxylic acids is 1. The summed E-state index contributed by atoms with van der Waals surface area (Å²) in [4.78, 5) is 16.4. The van der Waals surface area contributed by atoms with Crippen LogP contribution in [0.4, 0.5) is 5.82 Å². The second-order valence-electron chi connectivity index (χ2n) is 6.64. The largest absolute Gasteiger partial charge is 0.367 e. The first-order valence-corrected chi connectivity index (χ1v) is 8.53. The number of nitrogens with zero attached hydrogens (tertiary/aromatic N) is 3. The van der Waals surface area contributed by atoms with Gasteiger partial charge in [0.2, 0.25) is 5.91 Å². The van der Waals surface area contributed by atoms with Crippen LogP contribution in [0, 0.1) is 12.8 Å². The zero-order valence-corrected chi connectivity index (χ0v) is 14.5. The Morgan fingerprint density at radius 2 is 2.17 bits per heavy atom. The van der Waals surface area contributed by atoms with Gasteiger partial charge in [-0.3, -0.25) is 9.78 Å². The summed E-state index contributed by atoms with van der Waals surface area (Å²) >= 11 is 0. The molecule has 1 aliphatic heterocycles. The van der Waals surface area contributed by atoms with Crippen molar-refractivity contribution in [3.63, 3.8) is 0 Å². The molecule has 3 rings (SSSR count). The number of aromatic nitrogens is 3. The van der Waals surface area contributed by atoms with Gasteiger partial charge < -0.3 is 10.6 Å². The molecule has 128 valence electrons. The summed E-state index contributed by atoms with van der Waals surface area (Å²) in [6, 6.07) is 6.56. The average Bonchev–Trinajstić information content (AvgIpc) is 3.01. The van der Waals surface area contributed by atoms with Crippen molar-refractivity contribution in [1.82, 2.24) is 20.1 Å². The van der Waals surface area contributed by atoms with E-state index >= 15 is 0 Å². The maximum Gasteiger partial charge on any atom is 0.220 e. The van der Waals surface area contributed by atoms with Crippen molar-refractivity contribution in [1.29, 1.82) is 0 Å². The van der Waals surface area contributed by atoms with Gasteiger partial charge in [0.25, 0.3) is 0 Å². The number of hydrogen-bond donors (Lipinski definition) is 2. The molecule has 0 bridgehead atoms. The highest BCUT2D eigenvalue weighted by molar-refractivity contribution is 5.75. The van der Waals surface area contributed by atoms with E-state index in [1.165, 1.54) is 0 Å². The van der Waals surface area contributed by atoms with Crippen LogP contribution in [0.25, 0.3) is 0 Å². The SMILES string of the molecule is Cc1ccnc(CNC(=O)CCC2C(C)Nc3ccnn3C2C)c1. The lowest BCUT2D eigenvalue weighted by molar-refractivity contribution is -0.121. The second-order valence-corrected chi connectivity index (χ2v) is 6.64. The standard InChI is InChI=1S/C18H25N5O/c1-12-6-8-19-15(10-12)11-20-18(24)5-4-16-13(2)22-17-7-9-21-23(17)14(16)3/h6-10,13-14,16,22H,4-5,11H2,1-3H3,(H,20,24). The normalized spacial score (nSPS) is 22.5. The zero-order valence-electron chi connectivity index (χ0n) is 14.5. The number of fused-ring (bicyclic) bond motifs is 1. The minimum Gasteiger partial charge on any atom is -0.367 e. The minimum atomic E-state index is 0.0731. The van der Waals surface area contributed by atoms with E-state index in [0.717, 1.165) is 23.5 Å². The summed E-state index contributed by atoms with van der Waals surface area (Å²) in [5, 5.41) is 10.8. The van der Waals surface area contributed by atoms with Crippen LogP contribution in [-0.4, -0.2) is 26.7 Å². The number of aryl methyl sites for hydroxylation is 1. The molecule has 3 atom stereocenters. The lowest BCUT2D eigenvalue weighted by Gasteiger charge is -2.36. The lowest BCUT2D eigenvalue weighted by Crippen LogP contribution is -2.39. The number of nitrogens with one attached hydrogen (secondary N) is 2. The van der Waals surface area contributed by atoms with E-state index < -0.39 is 0 Å². The summed E-state index contributed by atoms with van der Waals surface area (Å²) in [6.07, 6.45) is 4.94. The Balaban J connectivity index is 1.51. The van der Waals surface area contributed by atoms with Crippen LogP contribution in [0.3, 0.4) is 0 Å². The summed E-state index contributed by atoms with van der Waals surface area (Å²) in [5.74, 6) is 1.51. The predicted molar refractivity (Wildman–Crippen MR) is 93.6 cm³/mol. The van der Waals surface area contributed by atoms with Crippen molar-refractivity contribution in [2.45, 2.75) is 52.2 Å². The molecular formula is C18H25N5O. The van der Waals surface area contributed by atoms with Crippen molar-refractivity contribution in [2.24, 2.45) is 5.92 Å². The van der Waals surface area contributed by atoms with Crippen LogP contribution in [0.1, 0.15) is 44.0 Å². The molecule has 3 unspecified atom stereocenters. The molecule has 3 heterocycles. The molecule has 1 aliphatic rings. The number of anilines is 1. The molecular weight excluding hydrogens is 302 g/mol. The number of rotatable bonds is 5. The van der Waals surface area contributed by atoms with E-state index in [2.05, 4.69) is 34.6 Å². The fourth-order valence-corrected chi connectivity index (χ4v) is 3.45. The quantitative estimate of drug-likeness (QED) is 0.885. The van der Waals surface area contributed by atoms with Crippen molar-refractivity contribution >= 4 is 11.7 Å². The first kappa shape index (κ1) is 16.5. The first-order chi connectivity index (χ1) is 11.5. The molecule has 2 aromatic heterocycles. The van der Waals surface area contributed by atoms with Crippen LogP contribution in [0.15, 0.2) is 30.6 Å². The monoisotopic (exact) mass is 327 g/mol. The van der Waals surface area contributed by atoms with Gasteiger partial charge in [0, 0.05) is 30.6 Å².